The lowest BCUT2D eigenvalue weighted by Gasteiger charge is -1.96. The minimum atomic E-state index is 0.477. The van der Waals surface area contributed by atoms with Crippen molar-refractivity contribution < 1.29 is 5.21 Å². The van der Waals surface area contributed by atoms with E-state index in [4.69, 9.17) is 5.21 Å². The van der Waals surface area contributed by atoms with Gasteiger partial charge >= 0.3 is 0 Å². The number of hydrogen-bond donors (Lipinski definition) is 1. The maximum absolute atomic E-state index is 8.23. The maximum Gasteiger partial charge on any atom is 0.0687 e. The van der Waals surface area contributed by atoms with E-state index in [9.17, 15) is 0 Å². The van der Waals surface area contributed by atoms with Crippen LogP contribution >= 0.6 is 0 Å². The predicted molar refractivity (Wildman–Crippen MR) is 45.9 cm³/mol. The van der Waals surface area contributed by atoms with Crippen molar-refractivity contribution in [2.75, 3.05) is 0 Å². The molecule has 0 aromatic carbocycles. The zero-order valence-electron chi connectivity index (χ0n) is 7.33. The van der Waals surface area contributed by atoms with Crippen LogP contribution in [-0.2, 0) is 0 Å². The lowest BCUT2D eigenvalue weighted by atomic mass is 10.1. The van der Waals surface area contributed by atoms with Crippen molar-refractivity contribution >= 4 is 6.21 Å². The van der Waals surface area contributed by atoms with E-state index in [2.05, 4.69) is 25.1 Å². The van der Waals surface area contributed by atoms with Crippen molar-refractivity contribution in [2.24, 2.45) is 16.5 Å². The van der Waals surface area contributed by atoms with Gasteiger partial charge in [0, 0.05) is 0 Å². The first kappa shape index (κ1) is 8.31. The lowest BCUT2D eigenvalue weighted by Crippen LogP contribution is -1.88. The van der Waals surface area contributed by atoms with Gasteiger partial charge in [0.25, 0.3) is 0 Å². The molecule has 11 heavy (non-hydrogen) atoms. The average Bonchev–Trinajstić information content (AvgIpc) is 2.39. The molecule has 1 rings (SSSR count). The van der Waals surface area contributed by atoms with Crippen molar-refractivity contribution in [1.29, 1.82) is 0 Å². The number of nitrogens with zero attached hydrogens (tertiary/aromatic N) is 1. The van der Waals surface area contributed by atoms with Gasteiger partial charge in [-0.15, -0.1) is 0 Å². The van der Waals surface area contributed by atoms with E-state index >= 15 is 0 Å². The second-order valence-corrected chi connectivity index (χ2v) is 3.95. The van der Waals surface area contributed by atoms with Crippen LogP contribution in [0.2, 0.25) is 0 Å². The van der Waals surface area contributed by atoms with Gasteiger partial charge < -0.3 is 5.21 Å². The number of rotatable bonds is 2. The first-order valence-electron chi connectivity index (χ1n) is 3.92. The molecule has 1 N–H and O–H groups in total. The molecular weight excluding hydrogens is 138 g/mol. The fraction of sp³-hybridized carbons (Fsp3) is 0.667. The minimum Gasteiger partial charge on any atom is -0.411 e. The summed E-state index contributed by atoms with van der Waals surface area (Å²) >= 11 is 0. The van der Waals surface area contributed by atoms with Gasteiger partial charge in [0.2, 0.25) is 0 Å². The van der Waals surface area contributed by atoms with Crippen LogP contribution in [0.25, 0.3) is 0 Å². The summed E-state index contributed by atoms with van der Waals surface area (Å²) in [6.07, 6.45) is 4.90. The van der Waals surface area contributed by atoms with Crippen LogP contribution in [-0.4, -0.2) is 11.4 Å². The number of allylic oxidation sites excluding steroid dienone is 2. The van der Waals surface area contributed by atoms with Crippen LogP contribution in [0.1, 0.15) is 27.2 Å². The van der Waals surface area contributed by atoms with Crippen LogP contribution in [0.5, 0.6) is 0 Å². The van der Waals surface area contributed by atoms with E-state index in [1.807, 2.05) is 6.92 Å². The molecule has 0 heterocycles. The molecule has 62 valence electrons. The van der Waals surface area contributed by atoms with Crippen molar-refractivity contribution in [3.8, 4) is 0 Å². The SMILES string of the molecule is CC(C=NO)=CC1CC1(C)C. The highest BCUT2D eigenvalue weighted by atomic mass is 16.4. The summed E-state index contributed by atoms with van der Waals surface area (Å²) in [5.74, 6) is 0.681. The predicted octanol–water partition coefficient (Wildman–Crippen LogP) is 2.44. The Balaban J connectivity index is 2.48. The third-order valence-electron chi connectivity index (χ3n) is 2.32. The van der Waals surface area contributed by atoms with Gasteiger partial charge in [0.1, 0.15) is 0 Å². The molecule has 0 bridgehead atoms. The molecule has 0 amide bonds. The fourth-order valence-electron chi connectivity index (χ4n) is 1.24. The maximum atomic E-state index is 8.23. The summed E-state index contributed by atoms with van der Waals surface area (Å²) in [4.78, 5) is 0. The molecule has 0 aromatic rings. The molecule has 1 fully saturated rings. The van der Waals surface area contributed by atoms with Crippen molar-refractivity contribution in [1.82, 2.24) is 0 Å². The quantitative estimate of drug-likeness (QED) is 0.369. The van der Waals surface area contributed by atoms with E-state index in [1.165, 1.54) is 12.6 Å². The average molecular weight is 153 g/mol. The molecular formula is C9H15NO. The van der Waals surface area contributed by atoms with Crippen molar-refractivity contribution in [3.05, 3.63) is 11.6 Å². The number of hydrogen-bond acceptors (Lipinski definition) is 2. The highest BCUT2D eigenvalue weighted by molar-refractivity contribution is 5.77. The standard InChI is InChI=1S/C9H15NO/c1-7(6-10-11)4-8-5-9(8,2)3/h4,6,8,11H,5H2,1-3H3. The van der Waals surface area contributed by atoms with Crippen molar-refractivity contribution in [2.45, 2.75) is 27.2 Å². The first-order valence-corrected chi connectivity index (χ1v) is 3.92. The Labute approximate surface area is 67.6 Å². The molecule has 1 atom stereocenters. The fourth-order valence-corrected chi connectivity index (χ4v) is 1.24. The summed E-state index contributed by atoms with van der Waals surface area (Å²) in [7, 11) is 0. The third-order valence-corrected chi connectivity index (χ3v) is 2.32. The second kappa shape index (κ2) is 2.68. The van der Waals surface area contributed by atoms with E-state index in [0.717, 1.165) is 5.57 Å². The van der Waals surface area contributed by atoms with E-state index in [0.29, 0.717) is 11.3 Å². The molecule has 0 radical (unpaired) electrons. The van der Waals surface area contributed by atoms with Crippen LogP contribution in [0.15, 0.2) is 16.8 Å². The smallest absolute Gasteiger partial charge is 0.0687 e. The van der Waals surface area contributed by atoms with Gasteiger partial charge in [-0.25, -0.2) is 0 Å². The third kappa shape index (κ3) is 2.07. The Morgan fingerprint density at radius 1 is 1.64 bits per heavy atom. The Morgan fingerprint density at radius 3 is 2.55 bits per heavy atom. The molecule has 1 aliphatic carbocycles. The zero-order valence-corrected chi connectivity index (χ0v) is 7.33. The normalized spacial score (nSPS) is 29.4. The van der Waals surface area contributed by atoms with Crippen LogP contribution < -0.4 is 0 Å². The van der Waals surface area contributed by atoms with Gasteiger partial charge in [-0.1, -0.05) is 25.1 Å². The molecule has 2 heteroatoms. The highest BCUT2D eigenvalue weighted by Crippen LogP contribution is 2.52. The summed E-state index contributed by atoms with van der Waals surface area (Å²) < 4.78 is 0. The van der Waals surface area contributed by atoms with Crippen molar-refractivity contribution in [3.63, 3.8) is 0 Å². The molecule has 1 aliphatic rings. The molecule has 1 unspecified atom stereocenters. The van der Waals surface area contributed by atoms with E-state index in [-0.39, 0.29) is 0 Å². The Bertz CT molecular complexity index is 204. The first-order chi connectivity index (χ1) is 5.06. The second-order valence-electron chi connectivity index (χ2n) is 3.95. The van der Waals surface area contributed by atoms with E-state index < -0.39 is 0 Å². The highest BCUT2D eigenvalue weighted by Gasteiger charge is 2.43. The summed E-state index contributed by atoms with van der Waals surface area (Å²) in [6.45, 7) is 6.45. The zero-order chi connectivity index (χ0) is 8.48. The summed E-state index contributed by atoms with van der Waals surface area (Å²) in [6, 6.07) is 0. The number of oxime groups is 1. The monoisotopic (exact) mass is 153 g/mol. The molecule has 0 spiro atoms. The summed E-state index contributed by atoms with van der Waals surface area (Å²) in [5.41, 5.74) is 1.52. The van der Waals surface area contributed by atoms with Crippen LogP contribution in [0, 0.1) is 11.3 Å². The molecule has 0 aliphatic heterocycles. The summed E-state index contributed by atoms with van der Waals surface area (Å²) in [5, 5.41) is 11.2. The van der Waals surface area contributed by atoms with Gasteiger partial charge in [-0.2, -0.15) is 0 Å². The molecule has 2 nitrogen and oxygen atoms in total. The Morgan fingerprint density at radius 2 is 2.18 bits per heavy atom. The lowest BCUT2D eigenvalue weighted by molar-refractivity contribution is 0.321. The molecule has 0 aromatic heterocycles. The van der Waals surface area contributed by atoms with Gasteiger partial charge in [-0.3, -0.25) is 0 Å². The van der Waals surface area contributed by atoms with Crippen LogP contribution in [0.3, 0.4) is 0 Å². The van der Waals surface area contributed by atoms with Crippen LogP contribution in [0.4, 0.5) is 0 Å². The minimum absolute atomic E-state index is 0.477. The van der Waals surface area contributed by atoms with E-state index in [1.54, 1.807) is 0 Å². The molecule has 0 saturated heterocycles. The van der Waals surface area contributed by atoms with Gasteiger partial charge in [0.15, 0.2) is 0 Å². The molecule has 1 saturated carbocycles. The Kier molecular flexibility index (Phi) is 2.03. The largest absolute Gasteiger partial charge is 0.411 e. The Hall–Kier alpha value is -0.790. The topological polar surface area (TPSA) is 32.6 Å². The van der Waals surface area contributed by atoms with Gasteiger partial charge in [0.05, 0.1) is 6.21 Å². The van der Waals surface area contributed by atoms with Gasteiger partial charge in [-0.05, 0) is 30.3 Å².